The van der Waals surface area contributed by atoms with Crippen molar-refractivity contribution >= 4 is 29.1 Å². The Morgan fingerprint density at radius 3 is 2.61 bits per heavy atom. The first-order valence-electron chi connectivity index (χ1n) is 8.55. The van der Waals surface area contributed by atoms with Gasteiger partial charge in [0.25, 0.3) is 11.8 Å². The van der Waals surface area contributed by atoms with Crippen LogP contribution in [0.5, 0.6) is 11.5 Å². The Morgan fingerprint density at radius 2 is 1.89 bits per heavy atom. The Kier molecular flexibility index (Phi) is 4.64. The Morgan fingerprint density at radius 1 is 1.07 bits per heavy atom. The maximum atomic E-state index is 13.0. The molecule has 2 heterocycles. The van der Waals surface area contributed by atoms with E-state index in [-0.39, 0.29) is 5.91 Å². The van der Waals surface area contributed by atoms with Crippen molar-refractivity contribution in [2.45, 2.75) is 18.6 Å². The summed E-state index contributed by atoms with van der Waals surface area (Å²) in [6.07, 6.45) is 0. The third-order valence-electron chi connectivity index (χ3n) is 4.73. The van der Waals surface area contributed by atoms with Gasteiger partial charge in [0.1, 0.15) is 11.5 Å². The van der Waals surface area contributed by atoms with Crippen LogP contribution in [0.2, 0.25) is 5.02 Å². The number of benzene rings is 2. The zero-order chi connectivity index (χ0) is 19.8. The second kappa shape index (κ2) is 7.12. The molecule has 2 aliphatic heterocycles. The lowest BCUT2D eigenvalue weighted by Gasteiger charge is -2.21. The van der Waals surface area contributed by atoms with Crippen LogP contribution >= 0.6 is 11.6 Å². The van der Waals surface area contributed by atoms with Gasteiger partial charge in [0.05, 0.1) is 31.5 Å². The first-order valence-corrected chi connectivity index (χ1v) is 8.93. The molecule has 2 aromatic rings. The summed E-state index contributed by atoms with van der Waals surface area (Å²) in [5.41, 5.74) is 1.27. The molecular weight excluding hydrogens is 384 g/mol. The molecule has 2 amide bonds. The van der Waals surface area contributed by atoms with Crippen molar-refractivity contribution in [3.8, 4) is 11.5 Å². The number of carbonyl (C=O) groups excluding carboxylic acids is 2. The van der Waals surface area contributed by atoms with Crippen molar-refractivity contribution in [3.63, 3.8) is 0 Å². The van der Waals surface area contributed by atoms with Crippen LogP contribution in [0.1, 0.15) is 5.56 Å². The Hall–Kier alpha value is -3.13. The third kappa shape index (κ3) is 2.95. The smallest absolute Gasteiger partial charge is 0.263 e. The van der Waals surface area contributed by atoms with E-state index in [4.69, 9.17) is 21.1 Å². The maximum Gasteiger partial charge on any atom is 0.263 e. The van der Waals surface area contributed by atoms with E-state index in [1.807, 2.05) is 24.3 Å². The number of halogens is 1. The molecule has 0 saturated carbocycles. The largest absolute Gasteiger partial charge is 0.497 e. The number of fused-ring (bicyclic) bond motifs is 1. The van der Waals surface area contributed by atoms with E-state index >= 15 is 0 Å². The minimum absolute atomic E-state index is 0.313. The van der Waals surface area contributed by atoms with Gasteiger partial charge in [0.15, 0.2) is 12.1 Å². The van der Waals surface area contributed by atoms with E-state index in [1.54, 1.807) is 19.2 Å². The predicted octanol–water partition coefficient (Wildman–Crippen LogP) is 2.85. The van der Waals surface area contributed by atoms with E-state index in [0.717, 1.165) is 10.5 Å². The van der Waals surface area contributed by atoms with Crippen molar-refractivity contribution < 1.29 is 19.1 Å². The van der Waals surface area contributed by atoms with Gasteiger partial charge in [0, 0.05) is 0 Å². The Balaban J connectivity index is 1.59. The van der Waals surface area contributed by atoms with Crippen LogP contribution in [0.4, 0.5) is 5.69 Å². The summed E-state index contributed by atoms with van der Waals surface area (Å²) < 4.78 is 10.3. The van der Waals surface area contributed by atoms with Gasteiger partial charge >= 0.3 is 0 Å². The number of anilines is 1. The summed E-state index contributed by atoms with van der Waals surface area (Å²) in [6.45, 7) is 0.331. The fourth-order valence-electron chi connectivity index (χ4n) is 3.36. The Labute approximate surface area is 166 Å². The molecule has 4 rings (SSSR count). The number of nitrogens with zero attached hydrogens (tertiary/aromatic N) is 4. The molecule has 0 aliphatic carbocycles. The van der Waals surface area contributed by atoms with Crippen molar-refractivity contribution in [1.29, 1.82) is 0 Å². The average molecular weight is 401 g/mol. The molecular formula is C19H17ClN4O4. The highest BCUT2D eigenvalue weighted by molar-refractivity contribution is 6.33. The molecule has 0 radical (unpaired) electrons. The van der Waals surface area contributed by atoms with Gasteiger partial charge in [-0.05, 0) is 35.9 Å². The van der Waals surface area contributed by atoms with Crippen LogP contribution in [0.15, 0.2) is 52.8 Å². The fraction of sp³-hybridized carbons (Fsp3) is 0.263. The second-order valence-corrected chi connectivity index (χ2v) is 6.78. The molecule has 1 saturated heterocycles. The molecule has 0 spiro atoms. The lowest BCUT2D eigenvalue weighted by atomic mass is 10.1. The number of methoxy groups -OCH3 is 2. The summed E-state index contributed by atoms with van der Waals surface area (Å²) >= 11 is 6.15. The lowest BCUT2D eigenvalue weighted by Crippen LogP contribution is -2.39. The van der Waals surface area contributed by atoms with Crippen molar-refractivity contribution in [3.05, 3.63) is 53.1 Å². The minimum Gasteiger partial charge on any atom is -0.497 e. The van der Waals surface area contributed by atoms with Crippen LogP contribution in [-0.4, -0.2) is 43.1 Å². The van der Waals surface area contributed by atoms with E-state index < -0.39 is 18.0 Å². The fourth-order valence-corrected chi connectivity index (χ4v) is 3.61. The van der Waals surface area contributed by atoms with Crippen LogP contribution in [0.3, 0.4) is 0 Å². The highest BCUT2D eigenvalue weighted by atomic mass is 35.5. The van der Waals surface area contributed by atoms with E-state index in [0.29, 0.717) is 28.8 Å². The molecule has 1 fully saturated rings. The number of hydrogen-bond donors (Lipinski definition) is 0. The first-order chi connectivity index (χ1) is 13.5. The second-order valence-electron chi connectivity index (χ2n) is 6.37. The van der Waals surface area contributed by atoms with Crippen molar-refractivity contribution in [1.82, 2.24) is 5.01 Å². The average Bonchev–Trinajstić information content (AvgIpc) is 3.22. The molecule has 28 heavy (non-hydrogen) atoms. The minimum atomic E-state index is -0.862. The molecule has 0 bridgehead atoms. The highest BCUT2D eigenvalue weighted by Gasteiger charge is 2.54. The maximum absolute atomic E-state index is 13.0. The van der Waals surface area contributed by atoms with Gasteiger partial charge in [-0.15, -0.1) is 0 Å². The van der Waals surface area contributed by atoms with Gasteiger partial charge in [-0.2, -0.15) is 5.11 Å². The standard InChI is InChI=1S/C19H17ClN4O4/c1-27-13-5-3-4-11(8-13)10-23-17-16(21-22-23)18(25)24(19(17)26)12-6-7-15(28-2)14(20)9-12/h3-9,16-17H,10H2,1-2H3. The molecule has 2 aliphatic rings. The molecule has 2 unspecified atom stereocenters. The topological polar surface area (TPSA) is 83.8 Å². The SMILES string of the molecule is COc1cccc(CN2N=NC3C(=O)N(c4ccc(OC)c(Cl)c4)C(=O)C32)c1. The first kappa shape index (κ1) is 18.2. The van der Waals surface area contributed by atoms with Crippen LogP contribution in [-0.2, 0) is 16.1 Å². The number of ether oxygens (including phenoxy) is 2. The van der Waals surface area contributed by atoms with Crippen LogP contribution < -0.4 is 14.4 Å². The lowest BCUT2D eigenvalue weighted by molar-refractivity contribution is -0.123. The number of amides is 2. The third-order valence-corrected chi connectivity index (χ3v) is 5.03. The molecule has 0 N–H and O–H groups in total. The van der Waals surface area contributed by atoms with Gasteiger partial charge < -0.3 is 9.47 Å². The van der Waals surface area contributed by atoms with E-state index in [2.05, 4.69) is 10.3 Å². The summed E-state index contributed by atoms with van der Waals surface area (Å²) in [6, 6.07) is 10.6. The van der Waals surface area contributed by atoms with Crippen LogP contribution in [0.25, 0.3) is 0 Å². The van der Waals surface area contributed by atoms with E-state index in [1.165, 1.54) is 18.2 Å². The number of carbonyl (C=O) groups is 2. The summed E-state index contributed by atoms with van der Waals surface area (Å²) in [5, 5.41) is 9.92. The van der Waals surface area contributed by atoms with Crippen LogP contribution in [0, 0.1) is 0 Å². The van der Waals surface area contributed by atoms with E-state index in [9.17, 15) is 9.59 Å². The molecule has 144 valence electrons. The predicted molar refractivity (Wildman–Crippen MR) is 101 cm³/mol. The Bertz CT molecular complexity index is 980. The van der Waals surface area contributed by atoms with Gasteiger partial charge in [-0.1, -0.05) is 29.0 Å². The normalized spacial score (nSPS) is 20.7. The zero-order valence-electron chi connectivity index (χ0n) is 15.2. The van der Waals surface area contributed by atoms with Gasteiger partial charge in [-0.3, -0.25) is 14.6 Å². The van der Waals surface area contributed by atoms with Crippen molar-refractivity contribution in [2.75, 3.05) is 19.1 Å². The van der Waals surface area contributed by atoms with Crippen molar-refractivity contribution in [2.24, 2.45) is 10.3 Å². The summed E-state index contributed by atoms with van der Waals surface area (Å²) in [7, 11) is 3.08. The summed E-state index contributed by atoms with van der Waals surface area (Å²) in [4.78, 5) is 26.9. The van der Waals surface area contributed by atoms with Gasteiger partial charge in [-0.25, -0.2) is 4.90 Å². The zero-order valence-corrected chi connectivity index (χ0v) is 16.0. The molecule has 8 nitrogen and oxygen atoms in total. The highest BCUT2D eigenvalue weighted by Crippen LogP contribution is 2.36. The number of rotatable bonds is 5. The molecule has 2 aromatic carbocycles. The van der Waals surface area contributed by atoms with Gasteiger partial charge in [0.2, 0.25) is 0 Å². The number of hydrogen-bond acceptors (Lipinski definition) is 7. The molecule has 2 atom stereocenters. The number of imide groups is 1. The monoisotopic (exact) mass is 400 g/mol. The quantitative estimate of drug-likeness (QED) is 0.720. The molecule has 9 heteroatoms. The molecule has 0 aromatic heterocycles. The summed E-state index contributed by atoms with van der Waals surface area (Å²) in [5.74, 6) is 0.356.